The molecule has 1 aromatic rings. The summed E-state index contributed by atoms with van der Waals surface area (Å²) in [5.41, 5.74) is 1.27. The van der Waals surface area contributed by atoms with Gasteiger partial charge in [-0.2, -0.15) is 0 Å². The van der Waals surface area contributed by atoms with Gasteiger partial charge in [0.15, 0.2) is 0 Å². The molecule has 0 aliphatic rings. The molecule has 0 saturated heterocycles. The minimum atomic E-state index is -3.12. The zero-order valence-corrected chi connectivity index (χ0v) is 12.5. The van der Waals surface area contributed by atoms with E-state index in [0.29, 0.717) is 19.1 Å². The molecule has 2 N–H and O–H groups in total. The van der Waals surface area contributed by atoms with E-state index in [1.54, 1.807) is 6.92 Å². The minimum Gasteiger partial charge on any atom is -0.313 e. The van der Waals surface area contributed by atoms with Crippen molar-refractivity contribution in [3.05, 3.63) is 35.9 Å². The van der Waals surface area contributed by atoms with E-state index < -0.39 is 10.0 Å². The Labute approximate surface area is 116 Å². The van der Waals surface area contributed by atoms with E-state index in [1.807, 2.05) is 18.2 Å². The number of hydrogen-bond donors (Lipinski definition) is 2. The van der Waals surface area contributed by atoms with Crippen LogP contribution in [-0.4, -0.2) is 33.3 Å². The van der Waals surface area contributed by atoms with Gasteiger partial charge in [-0.25, -0.2) is 13.1 Å². The molecule has 5 heteroatoms. The number of hydrogen-bond acceptors (Lipinski definition) is 3. The van der Waals surface area contributed by atoms with Gasteiger partial charge in [-0.1, -0.05) is 44.2 Å². The Morgan fingerprint density at radius 1 is 1.16 bits per heavy atom. The van der Waals surface area contributed by atoms with Crippen molar-refractivity contribution in [2.75, 3.05) is 18.8 Å². The van der Waals surface area contributed by atoms with Crippen molar-refractivity contribution in [2.24, 2.45) is 0 Å². The highest BCUT2D eigenvalue weighted by Gasteiger charge is 2.11. The van der Waals surface area contributed by atoms with Crippen LogP contribution in [0.5, 0.6) is 0 Å². The molecule has 1 atom stereocenters. The molecule has 0 amide bonds. The molecule has 0 heterocycles. The first-order valence-electron chi connectivity index (χ1n) is 6.82. The van der Waals surface area contributed by atoms with Crippen LogP contribution in [0.3, 0.4) is 0 Å². The first-order chi connectivity index (χ1) is 9.07. The summed E-state index contributed by atoms with van der Waals surface area (Å²) in [6, 6.07) is 10.6. The smallest absolute Gasteiger partial charge is 0.212 e. The maximum Gasteiger partial charge on any atom is 0.212 e. The third-order valence-electron chi connectivity index (χ3n) is 2.99. The molecule has 0 spiro atoms. The van der Waals surface area contributed by atoms with Crippen LogP contribution in [0.1, 0.15) is 25.8 Å². The Hall–Kier alpha value is -0.910. The highest BCUT2D eigenvalue weighted by atomic mass is 32.2. The van der Waals surface area contributed by atoms with Gasteiger partial charge in [0.25, 0.3) is 0 Å². The van der Waals surface area contributed by atoms with Gasteiger partial charge < -0.3 is 5.32 Å². The fraction of sp³-hybridized carbons (Fsp3) is 0.571. The Morgan fingerprint density at radius 2 is 1.84 bits per heavy atom. The van der Waals surface area contributed by atoms with Crippen LogP contribution >= 0.6 is 0 Å². The van der Waals surface area contributed by atoms with Crippen molar-refractivity contribution >= 4 is 10.0 Å². The molecule has 108 valence electrons. The summed E-state index contributed by atoms with van der Waals surface area (Å²) in [7, 11) is -3.12. The Balaban J connectivity index is 2.37. The summed E-state index contributed by atoms with van der Waals surface area (Å²) in [6.07, 6.45) is 1.91. The van der Waals surface area contributed by atoms with Crippen LogP contribution in [0.4, 0.5) is 0 Å². The predicted molar refractivity (Wildman–Crippen MR) is 79.7 cm³/mol. The molecule has 1 rings (SSSR count). The maximum atomic E-state index is 11.5. The van der Waals surface area contributed by atoms with Crippen molar-refractivity contribution in [1.82, 2.24) is 10.0 Å². The fourth-order valence-electron chi connectivity index (χ4n) is 1.95. The molecule has 0 fully saturated rings. The second-order valence-corrected chi connectivity index (χ2v) is 6.49. The molecule has 0 aliphatic heterocycles. The van der Waals surface area contributed by atoms with E-state index in [-0.39, 0.29) is 5.75 Å². The number of nitrogens with one attached hydrogen (secondary N) is 2. The standard InChI is InChI=1S/C14H24N2O2S/c1-3-14(12-13-8-6-5-7-9-13)15-10-11-19(17,18)16-4-2/h5-9,14-16H,3-4,10-12H2,1-2H3. The normalized spacial score (nSPS) is 13.4. The van der Waals surface area contributed by atoms with Gasteiger partial charge >= 0.3 is 0 Å². The number of benzene rings is 1. The molecule has 1 unspecified atom stereocenters. The number of rotatable bonds is 9. The van der Waals surface area contributed by atoms with Crippen LogP contribution in [0.25, 0.3) is 0 Å². The van der Waals surface area contributed by atoms with E-state index in [2.05, 4.69) is 29.1 Å². The van der Waals surface area contributed by atoms with Crippen molar-refractivity contribution in [2.45, 2.75) is 32.7 Å². The second-order valence-electron chi connectivity index (χ2n) is 4.57. The Morgan fingerprint density at radius 3 is 2.42 bits per heavy atom. The van der Waals surface area contributed by atoms with Gasteiger partial charge in [-0.05, 0) is 18.4 Å². The SMILES string of the molecule is CCNS(=O)(=O)CCNC(CC)Cc1ccccc1. The van der Waals surface area contributed by atoms with Gasteiger partial charge in [-0.15, -0.1) is 0 Å². The van der Waals surface area contributed by atoms with E-state index in [1.165, 1.54) is 5.56 Å². The summed E-state index contributed by atoms with van der Waals surface area (Å²) in [5.74, 6) is 0.131. The monoisotopic (exact) mass is 284 g/mol. The third kappa shape index (κ3) is 6.71. The number of sulfonamides is 1. The zero-order valence-electron chi connectivity index (χ0n) is 11.7. The summed E-state index contributed by atoms with van der Waals surface area (Å²) in [5, 5.41) is 3.31. The topological polar surface area (TPSA) is 58.2 Å². The highest BCUT2D eigenvalue weighted by molar-refractivity contribution is 7.89. The molecule has 0 radical (unpaired) electrons. The molecular formula is C14H24N2O2S. The Kier molecular flexibility index (Phi) is 7.05. The average Bonchev–Trinajstić information content (AvgIpc) is 2.38. The lowest BCUT2D eigenvalue weighted by Gasteiger charge is -2.17. The van der Waals surface area contributed by atoms with Crippen LogP contribution in [0.15, 0.2) is 30.3 Å². The van der Waals surface area contributed by atoms with E-state index in [4.69, 9.17) is 0 Å². The second kappa shape index (κ2) is 8.30. The van der Waals surface area contributed by atoms with Crippen LogP contribution in [-0.2, 0) is 16.4 Å². The summed E-state index contributed by atoms with van der Waals surface area (Å²) < 4.78 is 25.5. The molecule has 1 aromatic carbocycles. The van der Waals surface area contributed by atoms with Gasteiger partial charge in [0.1, 0.15) is 0 Å². The molecule has 0 aliphatic carbocycles. The third-order valence-corrected chi connectivity index (χ3v) is 4.46. The van der Waals surface area contributed by atoms with Crippen LogP contribution in [0, 0.1) is 0 Å². The van der Waals surface area contributed by atoms with Gasteiger partial charge in [0.05, 0.1) is 5.75 Å². The quantitative estimate of drug-likeness (QED) is 0.723. The van der Waals surface area contributed by atoms with Gasteiger partial charge in [0.2, 0.25) is 10.0 Å². The lowest BCUT2D eigenvalue weighted by atomic mass is 10.0. The first-order valence-corrected chi connectivity index (χ1v) is 8.47. The molecule has 19 heavy (non-hydrogen) atoms. The Bertz CT molecular complexity index is 446. The largest absolute Gasteiger partial charge is 0.313 e. The summed E-state index contributed by atoms with van der Waals surface area (Å²) in [4.78, 5) is 0. The highest BCUT2D eigenvalue weighted by Crippen LogP contribution is 2.05. The van der Waals surface area contributed by atoms with Gasteiger partial charge in [-0.3, -0.25) is 0 Å². The van der Waals surface area contributed by atoms with Gasteiger partial charge in [0, 0.05) is 19.1 Å². The van der Waals surface area contributed by atoms with E-state index in [0.717, 1.165) is 12.8 Å². The van der Waals surface area contributed by atoms with Crippen molar-refractivity contribution in [1.29, 1.82) is 0 Å². The zero-order chi connectivity index (χ0) is 14.1. The molecule has 0 aromatic heterocycles. The minimum absolute atomic E-state index is 0.131. The van der Waals surface area contributed by atoms with E-state index in [9.17, 15) is 8.42 Å². The van der Waals surface area contributed by atoms with Crippen molar-refractivity contribution in [3.8, 4) is 0 Å². The predicted octanol–water partition coefficient (Wildman–Crippen LogP) is 1.54. The lowest BCUT2D eigenvalue weighted by molar-refractivity contribution is 0.506. The fourth-order valence-corrected chi connectivity index (χ4v) is 2.92. The van der Waals surface area contributed by atoms with Crippen LogP contribution < -0.4 is 10.0 Å². The average molecular weight is 284 g/mol. The molecule has 0 bridgehead atoms. The lowest BCUT2D eigenvalue weighted by Crippen LogP contribution is -2.37. The van der Waals surface area contributed by atoms with E-state index >= 15 is 0 Å². The van der Waals surface area contributed by atoms with Crippen LogP contribution in [0.2, 0.25) is 0 Å². The molecule has 0 saturated carbocycles. The van der Waals surface area contributed by atoms with Crippen molar-refractivity contribution < 1.29 is 8.42 Å². The molecule has 4 nitrogen and oxygen atoms in total. The summed E-state index contributed by atoms with van der Waals surface area (Å²) in [6.45, 7) is 4.83. The molecular weight excluding hydrogens is 260 g/mol. The maximum absolute atomic E-state index is 11.5. The van der Waals surface area contributed by atoms with Crippen molar-refractivity contribution in [3.63, 3.8) is 0 Å². The summed E-state index contributed by atoms with van der Waals surface area (Å²) >= 11 is 0. The first kappa shape index (κ1) is 16.1.